The summed E-state index contributed by atoms with van der Waals surface area (Å²) in [7, 11) is 1.66. The molecule has 1 aliphatic heterocycles. The molecule has 0 saturated heterocycles. The number of rotatable bonds is 6. The molecule has 0 amide bonds. The van der Waals surface area contributed by atoms with Crippen LogP contribution in [-0.4, -0.2) is 36.0 Å². The average Bonchev–Trinajstić information content (AvgIpc) is 2.99. The maximum absolute atomic E-state index is 12.1. The van der Waals surface area contributed by atoms with Crippen LogP contribution < -0.4 is 10.1 Å². The Balaban J connectivity index is 1.78. The van der Waals surface area contributed by atoms with Gasteiger partial charge >= 0.3 is 5.97 Å². The van der Waals surface area contributed by atoms with Gasteiger partial charge < -0.3 is 14.8 Å². The monoisotopic (exact) mass is 329 g/mol. The van der Waals surface area contributed by atoms with Crippen molar-refractivity contribution in [1.82, 2.24) is 15.1 Å². The molecule has 0 radical (unpaired) electrons. The number of carbonyl (C=O) groups is 1. The van der Waals surface area contributed by atoms with Crippen LogP contribution in [-0.2, 0) is 30.7 Å². The van der Waals surface area contributed by atoms with Crippen molar-refractivity contribution in [2.24, 2.45) is 0 Å². The lowest BCUT2D eigenvalue weighted by molar-refractivity contribution is 0.0517. The predicted molar refractivity (Wildman–Crippen MR) is 90.3 cm³/mol. The number of hydrogen-bond donors (Lipinski definition) is 1. The molecular formula is C18H23N3O3. The van der Waals surface area contributed by atoms with Gasteiger partial charge in [0.15, 0.2) is 5.69 Å². The summed E-state index contributed by atoms with van der Waals surface area (Å²) in [5.41, 5.74) is 3.79. The molecule has 6 nitrogen and oxygen atoms in total. The maximum atomic E-state index is 12.1. The summed E-state index contributed by atoms with van der Waals surface area (Å²) >= 11 is 0. The number of aryl methyl sites for hydroxylation is 2. The second-order valence-electron chi connectivity index (χ2n) is 5.74. The van der Waals surface area contributed by atoms with E-state index in [1.165, 1.54) is 5.56 Å². The maximum Gasteiger partial charge on any atom is 0.359 e. The van der Waals surface area contributed by atoms with Crippen molar-refractivity contribution in [3.63, 3.8) is 0 Å². The molecule has 6 heteroatoms. The van der Waals surface area contributed by atoms with E-state index in [2.05, 4.69) is 22.5 Å². The highest BCUT2D eigenvalue weighted by atomic mass is 16.5. The second-order valence-corrected chi connectivity index (χ2v) is 5.74. The molecule has 1 aromatic heterocycles. The van der Waals surface area contributed by atoms with Crippen LogP contribution in [0.4, 0.5) is 0 Å². The highest BCUT2D eigenvalue weighted by Crippen LogP contribution is 2.20. The van der Waals surface area contributed by atoms with Crippen LogP contribution in [0.2, 0.25) is 0 Å². The highest BCUT2D eigenvalue weighted by molar-refractivity contribution is 5.89. The second kappa shape index (κ2) is 7.49. The molecule has 0 fully saturated rings. The van der Waals surface area contributed by atoms with E-state index >= 15 is 0 Å². The minimum Gasteiger partial charge on any atom is -0.497 e. The number of esters is 1. The number of nitrogens with zero attached hydrogens (tertiary/aromatic N) is 2. The van der Waals surface area contributed by atoms with Crippen LogP contribution in [0.25, 0.3) is 0 Å². The molecule has 1 aliphatic rings. The number of ether oxygens (including phenoxy) is 2. The van der Waals surface area contributed by atoms with E-state index in [0.29, 0.717) is 18.8 Å². The van der Waals surface area contributed by atoms with E-state index in [-0.39, 0.29) is 5.97 Å². The third-order valence-electron chi connectivity index (χ3n) is 4.25. The molecule has 0 spiro atoms. The summed E-state index contributed by atoms with van der Waals surface area (Å²) in [6, 6.07) is 8.04. The molecular weight excluding hydrogens is 306 g/mol. The largest absolute Gasteiger partial charge is 0.497 e. The molecule has 1 N–H and O–H groups in total. The first-order chi connectivity index (χ1) is 11.7. The van der Waals surface area contributed by atoms with Crippen molar-refractivity contribution < 1.29 is 14.3 Å². The topological polar surface area (TPSA) is 65.4 Å². The van der Waals surface area contributed by atoms with Gasteiger partial charge in [-0.2, -0.15) is 5.10 Å². The minimum absolute atomic E-state index is 0.333. The first kappa shape index (κ1) is 16.5. The predicted octanol–water partition coefficient (Wildman–Crippen LogP) is 1.96. The number of fused-ring (bicyclic) bond motifs is 1. The Bertz CT molecular complexity index is 707. The summed E-state index contributed by atoms with van der Waals surface area (Å²) in [5, 5.41) is 7.84. The summed E-state index contributed by atoms with van der Waals surface area (Å²) in [6.45, 7) is 4.49. The molecule has 2 aromatic rings. The van der Waals surface area contributed by atoms with Crippen LogP contribution in [0.3, 0.4) is 0 Å². The van der Waals surface area contributed by atoms with Crippen LogP contribution in [0.1, 0.15) is 34.2 Å². The zero-order chi connectivity index (χ0) is 16.9. The van der Waals surface area contributed by atoms with Crippen molar-refractivity contribution in [1.29, 1.82) is 0 Å². The first-order valence-electron chi connectivity index (χ1n) is 8.32. The quantitative estimate of drug-likeness (QED) is 0.821. The number of carbonyl (C=O) groups excluding carboxylic acids is 1. The molecule has 0 aliphatic carbocycles. The number of methoxy groups -OCH3 is 1. The summed E-state index contributed by atoms with van der Waals surface area (Å²) in [4.78, 5) is 12.1. The van der Waals surface area contributed by atoms with Gasteiger partial charge in [-0.25, -0.2) is 4.79 Å². The first-order valence-corrected chi connectivity index (χ1v) is 8.32. The fraction of sp³-hybridized carbons (Fsp3) is 0.444. The lowest BCUT2D eigenvalue weighted by Gasteiger charge is -2.15. The van der Waals surface area contributed by atoms with E-state index in [9.17, 15) is 4.79 Å². The number of aromatic nitrogens is 2. The van der Waals surface area contributed by atoms with E-state index in [4.69, 9.17) is 9.47 Å². The zero-order valence-electron chi connectivity index (χ0n) is 14.2. The van der Waals surface area contributed by atoms with Crippen LogP contribution >= 0.6 is 0 Å². The van der Waals surface area contributed by atoms with E-state index in [0.717, 1.165) is 42.9 Å². The van der Waals surface area contributed by atoms with E-state index < -0.39 is 0 Å². The third kappa shape index (κ3) is 3.43. The lowest BCUT2D eigenvalue weighted by atomic mass is 10.1. The lowest BCUT2D eigenvalue weighted by Crippen LogP contribution is -2.26. The summed E-state index contributed by atoms with van der Waals surface area (Å²) in [6.07, 6.45) is 1.73. The Morgan fingerprint density at radius 2 is 2.12 bits per heavy atom. The molecule has 0 saturated carbocycles. The molecule has 2 heterocycles. The molecule has 0 bridgehead atoms. The van der Waals surface area contributed by atoms with Crippen LogP contribution in [0.15, 0.2) is 24.3 Å². The van der Waals surface area contributed by atoms with E-state index in [1.54, 1.807) is 7.11 Å². The standard InChI is InChI=1S/C18H23N3O3/c1-3-24-18(22)17-15-12-19-10-8-16(15)21(20-17)11-9-13-4-6-14(23-2)7-5-13/h4-7,19H,3,8-12H2,1-2H3. The van der Waals surface area contributed by atoms with Crippen molar-refractivity contribution in [2.75, 3.05) is 20.3 Å². The van der Waals surface area contributed by atoms with Gasteiger partial charge in [-0.3, -0.25) is 4.68 Å². The smallest absolute Gasteiger partial charge is 0.359 e. The van der Waals surface area contributed by atoms with Gasteiger partial charge in [0, 0.05) is 37.3 Å². The zero-order valence-corrected chi connectivity index (χ0v) is 14.2. The SMILES string of the molecule is CCOC(=O)c1nn(CCc2ccc(OC)cc2)c2c1CNCC2. The Kier molecular flexibility index (Phi) is 5.15. The van der Waals surface area contributed by atoms with Crippen molar-refractivity contribution in [2.45, 2.75) is 32.9 Å². The Labute approximate surface area is 141 Å². The fourth-order valence-corrected chi connectivity index (χ4v) is 3.00. The van der Waals surface area contributed by atoms with E-state index in [1.807, 2.05) is 23.7 Å². The Hall–Kier alpha value is -2.34. The Morgan fingerprint density at radius 1 is 1.33 bits per heavy atom. The normalized spacial score (nSPS) is 13.4. The summed E-state index contributed by atoms with van der Waals surface area (Å²) in [5.74, 6) is 0.520. The van der Waals surface area contributed by atoms with Crippen LogP contribution in [0, 0.1) is 0 Å². The molecule has 0 atom stereocenters. The van der Waals surface area contributed by atoms with Gasteiger partial charge in [0.2, 0.25) is 0 Å². The fourth-order valence-electron chi connectivity index (χ4n) is 3.00. The van der Waals surface area contributed by atoms with Crippen molar-refractivity contribution in [3.8, 4) is 5.75 Å². The molecule has 24 heavy (non-hydrogen) atoms. The number of benzene rings is 1. The number of hydrogen-bond acceptors (Lipinski definition) is 5. The van der Waals surface area contributed by atoms with Gasteiger partial charge in [0.25, 0.3) is 0 Å². The van der Waals surface area contributed by atoms with Crippen molar-refractivity contribution >= 4 is 5.97 Å². The minimum atomic E-state index is -0.333. The molecule has 128 valence electrons. The van der Waals surface area contributed by atoms with Gasteiger partial charge in [0.1, 0.15) is 5.75 Å². The molecule has 1 aromatic carbocycles. The molecule has 0 unspecified atom stereocenters. The van der Waals surface area contributed by atoms with Crippen molar-refractivity contribution in [3.05, 3.63) is 46.8 Å². The van der Waals surface area contributed by atoms with Crippen LogP contribution in [0.5, 0.6) is 5.75 Å². The number of nitrogens with one attached hydrogen (secondary N) is 1. The van der Waals surface area contributed by atoms with Gasteiger partial charge in [-0.15, -0.1) is 0 Å². The van der Waals surface area contributed by atoms with Gasteiger partial charge in [0.05, 0.1) is 13.7 Å². The molecule has 3 rings (SSSR count). The van der Waals surface area contributed by atoms with Gasteiger partial charge in [-0.1, -0.05) is 12.1 Å². The van der Waals surface area contributed by atoms with Gasteiger partial charge in [-0.05, 0) is 31.0 Å². The highest BCUT2D eigenvalue weighted by Gasteiger charge is 2.25. The Morgan fingerprint density at radius 3 is 2.83 bits per heavy atom. The third-order valence-corrected chi connectivity index (χ3v) is 4.25. The average molecular weight is 329 g/mol. The summed E-state index contributed by atoms with van der Waals surface area (Å²) < 4.78 is 12.3.